The molecule has 0 bridgehead atoms. The third-order valence-electron chi connectivity index (χ3n) is 5.59. The van der Waals surface area contributed by atoms with Crippen LogP contribution in [0.2, 0.25) is 0 Å². The molecule has 3 N–H and O–H groups in total. The van der Waals surface area contributed by atoms with Gasteiger partial charge in [0.15, 0.2) is 12.4 Å². The lowest BCUT2D eigenvalue weighted by Gasteiger charge is -2.12. The first kappa shape index (κ1) is 24.0. The van der Waals surface area contributed by atoms with Gasteiger partial charge in [-0.3, -0.25) is 9.78 Å². The fraction of sp³-hybridized carbons (Fsp3) is 0.0333. The predicted molar refractivity (Wildman–Crippen MR) is 152 cm³/mol. The van der Waals surface area contributed by atoms with E-state index in [1.54, 1.807) is 23.8 Å². The molecule has 0 aliphatic heterocycles. The van der Waals surface area contributed by atoms with Gasteiger partial charge in [0.25, 0.3) is 5.91 Å². The quantitative estimate of drug-likeness (QED) is 0.160. The number of hydrogen-bond donors (Lipinski definition) is 3. The molecule has 0 aliphatic rings. The smallest absolute Gasteiger partial charge is 0.255 e. The molecule has 5 aromatic rings. The van der Waals surface area contributed by atoms with Crippen LogP contribution in [0.25, 0.3) is 10.9 Å². The minimum atomic E-state index is -0.193. The zero-order valence-corrected chi connectivity index (χ0v) is 21.6. The number of rotatable bonds is 6. The number of carbonyl (C=O) groups excluding carboxylic acids is 1. The highest BCUT2D eigenvalue weighted by atomic mass is 79.9. The Labute approximate surface area is 223 Å². The van der Waals surface area contributed by atoms with Crippen molar-refractivity contribution in [3.05, 3.63) is 114 Å². The minimum absolute atomic E-state index is 0.193. The summed E-state index contributed by atoms with van der Waals surface area (Å²) in [6.07, 6.45) is 5.54. The SMILES string of the molecule is CC#C[n+]1ccc(Nc2cccc(NC(=O)c3cccc(Nc4ccnc5ccc(Br)cc45)c3)c2)cc1. The number of nitrogens with one attached hydrogen (secondary N) is 3. The summed E-state index contributed by atoms with van der Waals surface area (Å²) >= 11 is 3.53. The zero-order valence-electron chi connectivity index (χ0n) is 20.0. The van der Waals surface area contributed by atoms with E-state index in [2.05, 4.69) is 48.8 Å². The van der Waals surface area contributed by atoms with Crippen molar-refractivity contribution < 1.29 is 9.36 Å². The number of anilines is 5. The predicted octanol–water partition coefficient (Wildman–Crippen LogP) is 6.85. The maximum atomic E-state index is 13.1. The van der Waals surface area contributed by atoms with Crippen LogP contribution in [-0.2, 0) is 0 Å². The molecule has 37 heavy (non-hydrogen) atoms. The van der Waals surface area contributed by atoms with Crippen molar-refractivity contribution in [3.8, 4) is 12.0 Å². The van der Waals surface area contributed by atoms with Crippen molar-refractivity contribution in [3.63, 3.8) is 0 Å². The van der Waals surface area contributed by atoms with Crippen LogP contribution in [0.5, 0.6) is 0 Å². The third-order valence-corrected chi connectivity index (χ3v) is 6.08. The van der Waals surface area contributed by atoms with Gasteiger partial charge in [-0.25, -0.2) is 0 Å². The van der Waals surface area contributed by atoms with E-state index in [-0.39, 0.29) is 5.91 Å². The molecule has 1 amide bonds. The summed E-state index contributed by atoms with van der Waals surface area (Å²) in [4.78, 5) is 17.5. The van der Waals surface area contributed by atoms with Gasteiger partial charge in [-0.05, 0) is 66.6 Å². The second kappa shape index (κ2) is 10.9. The first-order chi connectivity index (χ1) is 18.1. The van der Waals surface area contributed by atoms with Gasteiger partial charge >= 0.3 is 0 Å². The molecule has 0 radical (unpaired) electrons. The molecule has 7 heteroatoms. The number of carbonyl (C=O) groups is 1. The van der Waals surface area contributed by atoms with E-state index < -0.39 is 0 Å². The molecule has 0 spiro atoms. The van der Waals surface area contributed by atoms with E-state index >= 15 is 0 Å². The van der Waals surface area contributed by atoms with Gasteiger partial charge in [-0.2, -0.15) is 0 Å². The summed E-state index contributed by atoms with van der Waals surface area (Å²) in [6.45, 7) is 1.80. The number of benzene rings is 3. The highest BCUT2D eigenvalue weighted by Gasteiger charge is 2.09. The molecule has 0 saturated heterocycles. The fourth-order valence-corrected chi connectivity index (χ4v) is 4.24. The number of nitrogens with zero attached hydrogens (tertiary/aromatic N) is 2. The zero-order chi connectivity index (χ0) is 25.6. The molecule has 2 heterocycles. The van der Waals surface area contributed by atoms with Crippen LogP contribution >= 0.6 is 15.9 Å². The van der Waals surface area contributed by atoms with Crippen molar-refractivity contribution in [2.45, 2.75) is 6.92 Å². The maximum absolute atomic E-state index is 13.1. The number of fused-ring (bicyclic) bond motifs is 1. The molecule has 0 saturated carbocycles. The average molecular weight is 549 g/mol. The van der Waals surface area contributed by atoms with Crippen LogP contribution in [0.3, 0.4) is 0 Å². The van der Waals surface area contributed by atoms with Crippen LogP contribution in [0.15, 0.2) is 108 Å². The summed E-state index contributed by atoms with van der Waals surface area (Å²) < 4.78 is 2.77. The first-order valence-corrected chi connectivity index (χ1v) is 12.4. The maximum Gasteiger partial charge on any atom is 0.255 e. The largest absolute Gasteiger partial charge is 0.355 e. The molecular formula is C30H23BrN5O+. The van der Waals surface area contributed by atoms with Gasteiger partial charge in [-0.15, -0.1) is 4.57 Å². The second-order valence-electron chi connectivity index (χ2n) is 8.24. The molecule has 0 fully saturated rings. The van der Waals surface area contributed by atoms with Crippen LogP contribution in [-0.4, -0.2) is 10.9 Å². The van der Waals surface area contributed by atoms with Crippen molar-refractivity contribution in [2.24, 2.45) is 0 Å². The van der Waals surface area contributed by atoms with Gasteiger partial charge in [-0.1, -0.05) is 28.1 Å². The van der Waals surface area contributed by atoms with E-state index in [4.69, 9.17) is 0 Å². The van der Waals surface area contributed by atoms with Crippen molar-refractivity contribution in [2.75, 3.05) is 16.0 Å². The number of aromatic nitrogens is 2. The standard InChI is InChI=1S/C30H22BrN5O/c1-2-15-36-16-12-23(13-17-36)33-25-7-4-8-26(20-25)35-30(37)21-5-3-6-24(18-21)34-29-11-14-32-28-10-9-22(31)19-27(28)29/h3-14,16-20H,1H3,(H2,32,34,35,37)/p+1. The topological polar surface area (TPSA) is 69.9 Å². The monoisotopic (exact) mass is 548 g/mol. The highest BCUT2D eigenvalue weighted by Crippen LogP contribution is 2.28. The minimum Gasteiger partial charge on any atom is -0.355 e. The highest BCUT2D eigenvalue weighted by molar-refractivity contribution is 9.10. The molecule has 0 unspecified atom stereocenters. The molecule has 0 aliphatic carbocycles. The van der Waals surface area contributed by atoms with Crippen LogP contribution in [0.1, 0.15) is 17.3 Å². The van der Waals surface area contributed by atoms with Gasteiger partial charge in [0.05, 0.1) is 11.2 Å². The lowest BCUT2D eigenvalue weighted by molar-refractivity contribution is -0.583. The molecule has 5 rings (SSSR count). The lowest BCUT2D eigenvalue weighted by Crippen LogP contribution is -2.26. The van der Waals surface area contributed by atoms with Crippen LogP contribution in [0.4, 0.5) is 28.4 Å². The average Bonchev–Trinajstić information content (AvgIpc) is 2.91. The molecule has 3 aromatic carbocycles. The Morgan fingerprint density at radius 2 is 1.59 bits per heavy atom. The van der Waals surface area contributed by atoms with Gasteiger partial charge < -0.3 is 16.0 Å². The summed E-state index contributed by atoms with van der Waals surface area (Å²) in [5.41, 5.74) is 5.64. The fourth-order valence-electron chi connectivity index (χ4n) is 3.88. The molecule has 0 atom stereocenters. The van der Waals surface area contributed by atoms with Gasteiger partial charge in [0, 0.05) is 63.4 Å². The second-order valence-corrected chi connectivity index (χ2v) is 9.16. The van der Waals surface area contributed by atoms with E-state index in [9.17, 15) is 4.79 Å². The Bertz CT molecular complexity index is 1650. The lowest BCUT2D eigenvalue weighted by atomic mass is 10.1. The van der Waals surface area contributed by atoms with Gasteiger partial charge in [0.2, 0.25) is 6.04 Å². The Kier molecular flexibility index (Phi) is 7.11. The van der Waals surface area contributed by atoms with Gasteiger partial charge in [0.1, 0.15) is 0 Å². The van der Waals surface area contributed by atoms with E-state index in [0.29, 0.717) is 11.3 Å². The Hall–Kier alpha value is -4.67. The Morgan fingerprint density at radius 1 is 0.838 bits per heavy atom. The van der Waals surface area contributed by atoms with Crippen molar-refractivity contribution in [1.29, 1.82) is 0 Å². The number of amides is 1. The number of halogens is 1. The molecule has 2 aromatic heterocycles. The summed E-state index contributed by atoms with van der Waals surface area (Å²) in [7, 11) is 0. The summed E-state index contributed by atoms with van der Waals surface area (Å²) in [5, 5.41) is 10.8. The number of pyridine rings is 2. The Morgan fingerprint density at radius 3 is 2.41 bits per heavy atom. The van der Waals surface area contributed by atoms with E-state index in [1.807, 2.05) is 91.3 Å². The molecular weight excluding hydrogens is 526 g/mol. The van der Waals surface area contributed by atoms with Crippen molar-refractivity contribution >= 4 is 61.2 Å². The van der Waals surface area contributed by atoms with Crippen LogP contribution in [0, 0.1) is 12.0 Å². The van der Waals surface area contributed by atoms with E-state index in [1.165, 1.54) is 0 Å². The van der Waals surface area contributed by atoms with Crippen LogP contribution < -0.4 is 20.5 Å². The first-order valence-electron chi connectivity index (χ1n) is 11.6. The third kappa shape index (κ3) is 5.95. The number of hydrogen-bond acceptors (Lipinski definition) is 4. The normalized spacial score (nSPS) is 10.3. The Balaban J connectivity index is 1.30. The molecule has 6 nitrogen and oxygen atoms in total. The summed E-state index contributed by atoms with van der Waals surface area (Å²) in [6, 6.07) is 29.7. The van der Waals surface area contributed by atoms with E-state index in [0.717, 1.165) is 38.1 Å². The van der Waals surface area contributed by atoms with Crippen molar-refractivity contribution in [1.82, 2.24) is 4.98 Å². The summed E-state index contributed by atoms with van der Waals surface area (Å²) in [5.74, 6) is 2.67. The molecule has 180 valence electrons.